The van der Waals surface area contributed by atoms with Gasteiger partial charge in [0.1, 0.15) is 0 Å². The Bertz CT molecular complexity index is 775. The van der Waals surface area contributed by atoms with Gasteiger partial charge >= 0.3 is 0 Å². The van der Waals surface area contributed by atoms with E-state index in [0.717, 1.165) is 11.3 Å². The second-order valence-electron chi connectivity index (χ2n) is 6.76. The van der Waals surface area contributed by atoms with Crippen molar-refractivity contribution in [2.75, 3.05) is 23.9 Å². The van der Waals surface area contributed by atoms with Crippen LogP contribution in [0.4, 0.5) is 5.69 Å². The second-order valence-corrected chi connectivity index (χ2v) is 8.99. The minimum atomic E-state index is -3.03. The smallest absolute Gasteiger partial charge is 0.228 e. The topological polar surface area (TPSA) is 83.6 Å². The van der Waals surface area contributed by atoms with Gasteiger partial charge in [-0.3, -0.25) is 9.59 Å². The molecule has 1 saturated heterocycles. The molecule has 2 fully saturated rings. The van der Waals surface area contributed by atoms with Crippen LogP contribution in [-0.4, -0.2) is 49.7 Å². The minimum Gasteiger partial charge on any atom is -0.341 e. The van der Waals surface area contributed by atoms with Crippen LogP contribution in [-0.2, 0) is 19.4 Å². The average Bonchev–Trinajstić information content (AvgIpc) is 3.25. The number of benzene rings is 1. The van der Waals surface area contributed by atoms with Crippen LogP contribution < -0.4 is 5.32 Å². The molecule has 1 heterocycles. The highest BCUT2D eigenvalue weighted by molar-refractivity contribution is 7.91. The van der Waals surface area contributed by atoms with E-state index in [9.17, 15) is 18.0 Å². The van der Waals surface area contributed by atoms with Gasteiger partial charge in [0.25, 0.3) is 0 Å². The summed E-state index contributed by atoms with van der Waals surface area (Å²) in [6.07, 6.45) is 1.01. The van der Waals surface area contributed by atoms with Crippen molar-refractivity contribution in [2.24, 2.45) is 11.8 Å². The number of sulfone groups is 1. The summed E-state index contributed by atoms with van der Waals surface area (Å²) in [5.74, 6) is -0.754. The van der Waals surface area contributed by atoms with Crippen LogP contribution in [0.15, 0.2) is 24.3 Å². The summed E-state index contributed by atoms with van der Waals surface area (Å²) in [4.78, 5) is 26.3. The molecule has 0 radical (unpaired) electrons. The molecule has 2 amide bonds. The van der Waals surface area contributed by atoms with Crippen LogP contribution in [0.25, 0.3) is 0 Å². The SMILES string of the molecule is Cc1ccccc1NC(=O)C1CC1C(=O)N(C)C1CCS(=O)(=O)C1. The maximum Gasteiger partial charge on any atom is 0.228 e. The van der Waals surface area contributed by atoms with Gasteiger partial charge in [0.05, 0.1) is 23.3 Å². The number of carbonyl (C=O) groups is 2. The van der Waals surface area contributed by atoms with E-state index >= 15 is 0 Å². The molecule has 3 unspecified atom stereocenters. The number of para-hydroxylation sites is 1. The van der Waals surface area contributed by atoms with Gasteiger partial charge in [-0.2, -0.15) is 0 Å². The first-order chi connectivity index (χ1) is 11.3. The van der Waals surface area contributed by atoms with E-state index in [1.54, 1.807) is 7.05 Å². The average molecular weight is 350 g/mol. The fraction of sp³-hybridized carbons (Fsp3) is 0.529. The second kappa shape index (κ2) is 6.20. The van der Waals surface area contributed by atoms with Crippen molar-refractivity contribution in [3.63, 3.8) is 0 Å². The van der Waals surface area contributed by atoms with Crippen molar-refractivity contribution in [3.05, 3.63) is 29.8 Å². The van der Waals surface area contributed by atoms with E-state index in [-0.39, 0.29) is 41.2 Å². The molecule has 3 atom stereocenters. The summed E-state index contributed by atoms with van der Waals surface area (Å²) in [6.45, 7) is 1.92. The van der Waals surface area contributed by atoms with E-state index in [2.05, 4.69) is 5.32 Å². The molecule has 1 N–H and O–H groups in total. The van der Waals surface area contributed by atoms with Crippen molar-refractivity contribution in [3.8, 4) is 0 Å². The molecule has 1 aliphatic heterocycles. The number of anilines is 1. The van der Waals surface area contributed by atoms with Crippen molar-refractivity contribution in [2.45, 2.75) is 25.8 Å². The lowest BCUT2D eigenvalue weighted by Crippen LogP contribution is -2.39. The third-order valence-corrected chi connectivity index (χ3v) is 6.70. The van der Waals surface area contributed by atoms with Gasteiger partial charge in [0, 0.05) is 18.8 Å². The van der Waals surface area contributed by atoms with Gasteiger partial charge in [-0.1, -0.05) is 18.2 Å². The predicted molar refractivity (Wildman–Crippen MR) is 91.2 cm³/mol. The first-order valence-corrected chi connectivity index (χ1v) is 9.94. The Morgan fingerprint density at radius 3 is 2.54 bits per heavy atom. The monoisotopic (exact) mass is 350 g/mol. The van der Waals surface area contributed by atoms with E-state index in [1.165, 1.54) is 4.90 Å². The Kier molecular flexibility index (Phi) is 4.38. The summed E-state index contributed by atoms with van der Waals surface area (Å²) in [6, 6.07) is 7.25. The van der Waals surface area contributed by atoms with E-state index in [0.29, 0.717) is 12.8 Å². The Morgan fingerprint density at radius 1 is 1.21 bits per heavy atom. The maximum atomic E-state index is 12.5. The highest BCUT2D eigenvalue weighted by Crippen LogP contribution is 2.41. The van der Waals surface area contributed by atoms with Gasteiger partial charge in [-0.25, -0.2) is 8.42 Å². The molecule has 3 rings (SSSR count). The normalized spacial score (nSPS) is 27.5. The zero-order valence-electron chi connectivity index (χ0n) is 13.9. The minimum absolute atomic E-state index is 0.0298. The molecular formula is C17H22N2O4S. The molecule has 24 heavy (non-hydrogen) atoms. The Morgan fingerprint density at radius 2 is 1.92 bits per heavy atom. The fourth-order valence-electron chi connectivity index (χ4n) is 3.22. The largest absolute Gasteiger partial charge is 0.341 e. The maximum absolute atomic E-state index is 12.5. The van der Waals surface area contributed by atoms with Crippen LogP contribution in [0.1, 0.15) is 18.4 Å². The first-order valence-electron chi connectivity index (χ1n) is 8.12. The van der Waals surface area contributed by atoms with Crippen molar-refractivity contribution >= 4 is 27.3 Å². The van der Waals surface area contributed by atoms with E-state index in [4.69, 9.17) is 0 Å². The number of hydrogen-bond acceptors (Lipinski definition) is 4. The number of nitrogens with one attached hydrogen (secondary N) is 1. The molecule has 1 aliphatic carbocycles. The number of rotatable bonds is 4. The van der Waals surface area contributed by atoms with Crippen molar-refractivity contribution in [1.29, 1.82) is 0 Å². The summed E-state index contributed by atoms with van der Waals surface area (Å²) in [7, 11) is -1.39. The molecule has 130 valence electrons. The lowest BCUT2D eigenvalue weighted by atomic mass is 10.2. The zero-order chi connectivity index (χ0) is 17.5. The molecule has 0 aromatic heterocycles. The number of amides is 2. The molecule has 7 heteroatoms. The first kappa shape index (κ1) is 17.0. The summed E-state index contributed by atoms with van der Waals surface area (Å²) < 4.78 is 23.1. The third-order valence-electron chi connectivity index (χ3n) is 4.95. The molecule has 6 nitrogen and oxygen atoms in total. The van der Waals surface area contributed by atoms with Gasteiger partial charge in [0.15, 0.2) is 9.84 Å². The zero-order valence-corrected chi connectivity index (χ0v) is 14.7. The molecule has 1 aromatic carbocycles. The standard InChI is InChI=1S/C17H22N2O4S/c1-11-5-3-4-6-15(11)18-16(20)13-9-14(13)17(21)19(2)12-7-8-24(22,23)10-12/h3-6,12-14H,7-10H2,1-2H3,(H,18,20). The van der Waals surface area contributed by atoms with Gasteiger partial charge in [-0.15, -0.1) is 0 Å². The third kappa shape index (κ3) is 3.45. The van der Waals surface area contributed by atoms with Gasteiger partial charge < -0.3 is 10.2 Å². The number of aryl methyl sites for hydroxylation is 1. The van der Waals surface area contributed by atoms with Crippen molar-refractivity contribution < 1.29 is 18.0 Å². The Balaban J connectivity index is 1.57. The van der Waals surface area contributed by atoms with Gasteiger partial charge in [-0.05, 0) is 31.4 Å². The number of nitrogens with zero attached hydrogens (tertiary/aromatic N) is 1. The summed E-state index contributed by atoms with van der Waals surface area (Å²) >= 11 is 0. The van der Waals surface area contributed by atoms with Crippen LogP contribution >= 0.6 is 0 Å². The van der Waals surface area contributed by atoms with Gasteiger partial charge in [0.2, 0.25) is 11.8 Å². The molecule has 0 spiro atoms. The van der Waals surface area contributed by atoms with Crippen LogP contribution in [0, 0.1) is 18.8 Å². The molecule has 2 aliphatic rings. The van der Waals surface area contributed by atoms with Crippen LogP contribution in [0.3, 0.4) is 0 Å². The summed E-state index contributed by atoms with van der Waals surface area (Å²) in [5.41, 5.74) is 1.73. The van der Waals surface area contributed by atoms with Crippen molar-refractivity contribution in [1.82, 2.24) is 4.90 Å². The lowest BCUT2D eigenvalue weighted by molar-refractivity contribution is -0.134. The number of hydrogen-bond donors (Lipinski definition) is 1. The lowest BCUT2D eigenvalue weighted by Gasteiger charge is -2.23. The molecule has 1 saturated carbocycles. The summed E-state index contributed by atoms with van der Waals surface area (Å²) in [5, 5.41) is 2.87. The molecule has 1 aromatic rings. The fourth-order valence-corrected chi connectivity index (χ4v) is 4.99. The predicted octanol–water partition coefficient (Wildman–Crippen LogP) is 1.22. The Hall–Kier alpha value is -1.89. The molecule has 0 bridgehead atoms. The highest BCUT2D eigenvalue weighted by atomic mass is 32.2. The quantitative estimate of drug-likeness (QED) is 0.885. The number of carbonyl (C=O) groups excluding carboxylic acids is 2. The Labute approximate surface area is 142 Å². The van der Waals surface area contributed by atoms with Crippen LogP contribution in [0.5, 0.6) is 0 Å². The van der Waals surface area contributed by atoms with E-state index < -0.39 is 9.84 Å². The van der Waals surface area contributed by atoms with Crippen LogP contribution in [0.2, 0.25) is 0 Å². The highest BCUT2D eigenvalue weighted by Gasteiger charge is 2.50. The molecular weight excluding hydrogens is 328 g/mol. The van der Waals surface area contributed by atoms with E-state index in [1.807, 2.05) is 31.2 Å².